The molecule has 0 radical (unpaired) electrons. The first-order valence-electron chi connectivity index (χ1n) is 4.24. The van der Waals surface area contributed by atoms with Crippen LogP contribution in [0, 0.1) is 13.8 Å². The van der Waals surface area contributed by atoms with E-state index in [1.807, 2.05) is 12.1 Å². The van der Waals surface area contributed by atoms with Crippen LogP contribution >= 0.6 is 8.19 Å². The van der Waals surface area contributed by atoms with E-state index in [0.29, 0.717) is 0 Å². The Morgan fingerprint density at radius 2 is 2.08 bits per heavy atom. The topological polar surface area (TPSA) is 13.1 Å². The van der Waals surface area contributed by atoms with Crippen LogP contribution in [0.15, 0.2) is 34.7 Å². The van der Waals surface area contributed by atoms with Crippen molar-refractivity contribution in [1.82, 2.24) is 0 Å². The van der Waals surface area contributed by atoms with Crippen LogP contribution in [0.1, 0.15) is 11.1 Å². The van der Waals surface area contributed by atoms with Crippen LogP contribution in [0.2, 0.25) is 0 Å². The molecule has 0 saturated carbocycles. The molecular weight excluding hydrogens is 179 g/mol. The van der Waals surface area contributed by atoms with E-state index in [1.54, 1.807) is 6.26 Å². The maximum Gasteiger partial charge on any atom is 0.138 e. The van der Waals surface area contributed by atoms with E-state index in [1.165, 1.54) is 24.6 Å². The van der Waals surface area contributed by atoms with Gasteiger partial charge in [0, 0.05) is 5.30 Å². The summed E-state index contributed by atoms with van der Waals surface area (Å²) < 4.78 is 5.34. The van der Waals surface area contributed by atoms with E-state index in [2.05, 4.69) is 25.7 Å². The zero-order valence-corrected chi connectivity index (χ0v) is 8.64. The first-order valence-corrected chi connectivity index (χ1v) is 5.21. The van der Waals surface area contributed by atoms with Gasteiger partial charge in [0.1, 0.15) is 5.76 Å². The summed E-state index contributed by atoms with van der Waals surface area (Å²) in [5, 5.41) is 1.24. The van der Waals surface area contributed by atoms with Gasteiger partial charge in [-0.25, -0.2) is 0 Å². The van der Waals surface area contributed by atoms with Crippen LogP contribution in [-0.4, -0.2) is 0 Å². The largest absolute Gasteiger partial charge is 0.464 e. The minimum Gasteiger partial charge on any atom is -0.464 e. The molecule has 0 unspecified atom stereocenters. The average molecular weight is 190 g/mol. The number of rotatable bonds is 1. The molecular formula is C11H11OP. The molecule has 2 heterocycles. The lowest BCUT2D eigenvalue weighted by molar-refractivity contribution is 0.583. The fourth-order valence-corrected chi connectivity index (χ4v) is 2.24. The SMILES string of the molecule is Cc1cpc(-c2ccco2)cc1C. The first kappa shape index (κ1) is 8.52. The molecule has 2 rings (SSSR count). The van der Waals surface area contributed by atoms with Gasteiger partial charge in [0.2, 0.25) is 0 Å². The fourth-order valence-electron chi connectivity index (χ4n) is 1.18. The summed E-state index contributed by atoms with van der Waals surface area (Å²) in [5.41, 5.74) is 2.68. The molecule has 13 heavy (non-hydrogen) atoms. The Hall–Kier alpha value is -1.07. The van der Waals surface area contributed by atoms with Gasteiger partial charge in [-0.3, -0.25) is 0 Å². The van der Waals surface area contributed by atoms with Crippen molar-refractivity contribution >= 4 is 8.19 Å². The molecule has 2 aromatic heterocycles. The number of hydrogen-bond acceptors (Lipinski definition) is 1. The molecule has 0 bridgehead atoms. The molecule has 0 aliphatic heterocycles. The second-order valence-corrected chi connectivity index (χ2v) is 4.13. The maximum atomic E-state index is 5.34. The normalized spacial score (nSPS) is 10.9. The van der Waals surface area contributed by atoms with Crippen LogP contribution in [-0.2, 0) is 0 Å². The lowest BCUT2D eigenvalue weighted by Gasteiger charge is -2.01. The summed E-state index contributed by atoms with van der Waals surface area (Å²) in [7, 11) is 1.23. The van der Waals surface area contributed by atoms with Gasteiger partial charge in [-0.1, -0.05) is 8.19 Å². The van der Waals surface area contributed by atoms with Gasteiger partial charge < -0.3 is 4.42 Å². The second kappa shape index (κ2) is 3.35. The Morgan fingerprint density at radius 3 is 2.69 bits per heavy atom. The molecule has 0 saturated heterocycles. The van der Waals surface area contributed by atoms with Gasteiger partial charge in [0.15, 0.2) is 0 Å². The Bertz CT molecular complexity index is 404. The van der Waals surface area contributed by atoms with Crippen molar-refractivity contribution in [2.45, 2.75) is 13.8 Å². The number of furan rings is 1. The Morgan fingerprint density at radius 1 is 1.23 bits per heavy atom. The third-order valence-electron chi connectivity index (χ3n) is 2.15. The summed E-state index contributed by atoms with van der Waals surface area (Å²) in [5.74, 6) is 3.19. The lowest BCUT2D eigenvalue weighted by atomic mass is 10.2. The van der Waals surface area contributed by atoms with Crippen molar-refractivity contribution in [2.75, 3.05) is 0 Å². The molecule has 0 amide bonds. The molecule has 1 nitrogen and oxygen atoms in total. The van der Waals surface area contributed by atoms with Crippen LogP contribution in [0.5, 0.6) is 0 Å². The molecule has 2 aromatic rings. The van der Waals surface area contributed by atoms with Crippen LogP contribution in [0.3, 0.4) is 0 Å². The highest BCUT2D eigenvalue weighted by Gasteiger charge is 2.01. The minimum absolute atomic E-state index is 0.977. The number of hydrogen-bond donors (Lipinski definition) is 0. The van der Waals surface area contributed by atoms with Crippen LogP contribution in [0.25, 0.3) is 11.1 Å². The van der Waals surface area contributed by atoms with Crippen LogP contribution in [0.4, 0.5) is 0 Å². The van der Waals surface area contributed by atoms with Crippen molar-refractivity contribution in [3.8, 4) is 11.1 Å². The molecule has 0 fully saturated rings. The van der Waals surface area contributed by atoms with E-state index in [4.69, 9.17) is 4.42 Å². The second-order valence-electron chi connectivity index (χ2n) is 3.13. The molecule has 0 aromatic carbocycles. The monoisotopic (exact) mass is 190 g/mol. The third kappa shape index (κ3) is 1.66. The van der Waals surface area contributed by atoms with E-state index < -0.39 is 0 Å². The smallest absolute Gasteiger partial charge is 0.138 e. The van der Waals surface area contributed by atoms with Crippen LogP contribution < -0.4 is 0 Å². The Balaban J connectivity index is 2.49. The molecule has 0 spiro atoms. The lowest BCUT2D eigenvalue weighted by Crippen LogP contribution is -1.77. The van der Waals surface area contributed by atoms with E-state index in [9.17, 15) is 0 Å². The fraction of sp³-hybridized carbons (Fsp3) is 0.182. The van der Waals surface area contributed by atoms with Gasteiger partial charge in [0.25, 0.3) is 0 Å². The Kier molecular flexibility index (Phi) is 2.20. The van der Waals surface area contributed by atoms with E-state index in [0.717, 1.165) is 5.76 Å². The third-order valence-corrected chi connectivity index (χ3v) is 3.29. The quantitative estimate of drug-likeness (QED) is 0.658. The van der Waals surface area contributed by atoms with Crippen molar-refractivity contribution < 1.29 is 4.42 Å². The predicted octanol–water partition coefficient (Wildman–Crippen LogP) is 4.14. The van der Waals surface area contributed by atoms with E-state index >= 15 is 0 Å². The Labute approximate surface area is 79.5 Å². The summed E-state index contributed by atoms with van der Waals surface area (Å²) in [4.78, 5) is 0. The van der Waals surface area contributed by atoms with Gasteiger partial charge in [0.05, 0.1) is 6.26 Å². The summed E-state index contributed by atoms with van der Waals surface area (Å²) in [6.45, 7) is 4.27. The number of aryl methyl sites for hydroxylation is 2. The minimum atomic E-state index is 0.977. The highest BCUT2D eigenvalue weighted by atomic mass is 31.0. The van der Waals surface area contributed by atoms with Crippen molar-refractivity contribution in [1.29, 1.82) is 0 Å². The van der Waals surface area contributed by atoms with Gasteiger partial charge >= 0.3 is 0 Å². The van der Waals surface area contributed by atoms with Crippen molar-refractivity contribution in [3.05, 3.63) is 41.4 Å². The molecule has 2 heteroatoms. The molecule has 0 N–H and O–H groups in total. The van der Waals surface area contributed by atoms with Gasteiger partial charge in [-0.2, -0.15) is 0 Å². The molecule has 0 aliphatic rings. The van der Waals surface area contributed by atoms with Crippen molar-refractivity contribution in [3.63, 3.8) is 0 Å². The predicted molar refractivity (Wildman–Crippen MR) is 56.1 cm³/mol. The van der Waals surface area contributed by atoms with Gasteiger partial charge in [-0.15, -0.1) is 0 Å². The molecule has 0 atom stereocenters. The van der Waals surface area contributed by atoms with Gasteiger partial charge in [-0.05, 0) is 49.0 Å². The summed E-state index contributed by atoms with van der Waals surface area (Å²) in [6, 6.07) is 6.11. The maximum absolute atomic E-state index is 5.34. The average Bonchev–Trinajstić information content (AvgIpc) is 2.62. The summed E-state index contributed by atoms with van der Waals surface area (Å²) in [6.07, 6.45) is 1.71. The highest BCUT2D eigenvalue weighted by Crippen LogP contribution is 2.30. The zero-order valence-electron chi connectivity index (χ0n) is 7.74. The van der Waals surface area contributed by atoms with Crippen molar-refractivity contribution in [2.24, 2.45) is 0 Å². The zero-order chi connectivity index (χ0) is 9.26. The standard InChI is InChI=1S/C11H11OP/c1-8-6-11(13-7-9(8)2)10-4-3-5-12-10/h3-7H,1-2H3. The summed E-state index contributed by atoms with van der Waals surface area (Å²) >= 11 is 0. The highest BCUT2D eigenvalue weighted by molar-refractivity contribution is 7.33. The molecule has 66 valence electrons. The molecule has 0 aliphatic carbocycles. The van der Waals surface area contributed by atoms with E-state index in [-0.39, 0.29) is 0 Å². The first-order chi connectivity index (χ1) is 6.27.